The zero-order valence-electron chi connectivity index (χ0n) is 13.8. The molecule has 0 radical (unpaired) electrons. The van der Waals surface area contributed by atoms with Crippen LogP contribution in [0.25, 0.3) is 0 Å². The zero-order chi connectivity index (χ0) is 19.5. The zero-order valence-corrected chi connectivity index (χ0v) is 15.4. The second kappa shape index (κ2) is 7.62. The Morgan fingerprint density at radius 2 is 1.92 bits per heavy atom. The highest BCUT2D eigenvalue weighted by Crippen LogP contribution is 2.33. The smallest absolute Gasteiger partial charge is 0.354 e. The number of para-hydroxylation sites is 1. The molecular formula is C15H16F3N3O3S2. The van der Waals surface area contributed by atoms with E-state index in [2.05, 4.69) is 10.0 Å². The van der Waals surface area contributed by atoms with Gasteiger partial charge in [-0.1, -0.05) is 12.1 Å². The Morgan fingerprint density at radius 3 is 2.54 bits per heavy atom. The molecule has 11 heteroatoms. The molecule has 2 N–H and O–H groups in total. The van der Waals surface area contributed by atoms with Gasteiger partial charge in [-0.2, -0.15) is 13.2 Å². The van der Waals surface area contributed by atoms with Crippen LogP contribution in [0.2, 0.25) is 0 Å². The van der Waals surface area contributed by atoms with Gasteiger partial charge in [-0.15, -0.1) is 11.8 Å². The quantitative estimate of drug-likeness (QED) is 0.722. The van der Waals surface area contributed by atoms with Gasteiger partial charge in [0.1, 0.15) is 10.6 Å². The Labute approximate surface area is 152 Å². The van der Waals surface area contributed by atoms with Gasteiger partial charge >= 0.3 is 6.18 Å². The largest absolute Gasteiger partial charge is 0.398 e. The summed E-state index contributed by atoms with van der Waals surface area (Å²) in [6.45, 7) is 0. The van der Waals surface area contributed by atoms with Crippen molar-refractivity contribution in [1.29, 1.82) is 0 Å². The highest BCUT2D eigenvalue weighted by atomic mass is 32.2. The lowest BCUT2D eigenvalue weighted by Crippen LogP contribution is -2.20. The second-order valence-corrected chi connectivity index (χ2v) is 7.96. The molecule has 142 valence electrons. The van der Waals surface area contributed by atoms with Gasteiger partial charge in [0.25, 0.3) is 15.9 Å². The van der Waals surface area contributed by atoms with Crippen LogP contribution in [-0.2, 0) is 17.1 Å². The summed E-state index contributed by atoms with van der Waals surface area (Å²) in [6, 6.07) is 6.99. The summed E-state index contributed by atoms with van der Waals surface area (Å²) in [5.74, 6) is -1.60. The van der Waals surface area contributed by atoms with E-state index >= 15 is 0 Å². The van der Waals surface area contributed by atoms with Crippen LogP contribution in [-0.4, -0.2) is 37.9 Å². The number of benzene rings is 1. The number of hydrogen-bond donors (Lipinski definition) is 2. The molecule has 1 aromatic carbocycles. The van der Waals surface area contributed by atoms with Gasteiger partial charge in [-0.25, -0.2) is 8.42 Å². The Balaban J connectivity index is 2.29. The van der Waals surface area contributed by atoms with E-state index in [1.165, 1.54) is 55.2 Å². The van der Waals surface area contributed by atoms with Gasteiger partial charge in [0.2, 0.25) is 0 Å². The number of hydrogen-bond acceptors (Lipinski definition) is 4. The van der Waals surface area contributed by atoms with E-state index in [4.69, 9.17) is 0 Å². The lowest BCUT2D eigenvalue weighted by Gasteiger charge is -2.12. The summed E-state index contributed by atoms with van der Waals surface area (Å²) >= 11 is 0.485. The summed E-state index contributed by atoms with van der Waals surface area (Å²) in [7, 11) is -1.16. The van der Waals surface area contributed by atoms with Crippen molar-refractivity contribution in [3.05, 3.63) is 42.2 Å². The molecule has 1 amide bonds. The molecule has 0 saturated heterocycles. The van der Waals surface area contributed by atoms with Crippen LogP contribution < -0.4 is 10.0 Å². The molecule has 0 spiro atoms. The summed E-state index contributed by atoms with van der Waals surface area (Å²) in [6.07, 6.45) is -3.13. The summed E-state index contributed by atoms with van der Waals surface area (Å²) in [5, 5.41) is 2.39. The number of sulfonamides is 1. The topological polar surface area (TPSA) is 80.2 Å². The predicted molar refractivity (Wildman–Crippen MR) is 92.8 cm³/mol. The van der Waals surface area contributed by atoms with Gasteiger partial charge in [0, 0.05) is 25.2 Å². The van der Waals surface area contributed by atoms with Crippen LogP contribution >= 0.6 is 11.8 Å². The fourth-order valence-electron chi connectivity index (χ4n) is 2.08. The van der Waals surface area contributed by atoms with E-state index in [-0.39, 0.29) is 21.2 Å². The number of aryl methyl sites for hydroxylation is 1. The average Bonchev–Trinajstić information content (AvgIpc) is 2.95. The number of nitrogens with zero attached hydrogens (tertiary/aromatic N) is 1. The number of alkyl halides is 3. The van der Waals surface area contributed by atoms with Crippen LogP contribution in [0, 0.1) is 0 Å². The van der Waals surface area contributed by atoms with Crippen LogP contribution in [0.1, 0.15) is 10.5 Å². The van der Waals surface area contributed by atoms with Crippen molar-refractivity contribution in [2.75, 3.05) is 17.5 Å². The molecule has 0 bridgehead atoms. The number of anilines is 1. The number of halogens is 3. The maximum atomic E-state index is 12.5. The molecule has 0 saturated carbocycles. The first-order chi connectivity index (χ1) is 12.0. The van der Waals surface area contributed by atoms with Crippen molar-refractivity contribution in [1.82, 2.24) is 9.88 Å². The number of carbonyl (C=O) groups excluding carboxylic acids is 1. The molecular weight excluding hydrogens is 391 g/mol. The molecule has 1 heterocycles. The van der Waals surface area contributed by atoms with Crippen molar-refractivity contribution < 1.29 is 26.4 Å². The molecule has 26 heavy (non-hydrogen) atoms. The molecule has 2 rings (SSSR count). The summed E-state index contributed by atoms with van der Waals surface area (Å²) < 4.78 is 66.0. The van der Waals surface area contributed by atoms with Crippen LogP contribution in [0.3, 0.4) is 0 Å². The first kappa shape index (κ1) is 20.2. The molecule has 0 atom stereocenters. The van der Waals surface area contributed by atoms with E-state index in [1.807, 2.05) is 0 Å². The van der Waals surface area contributed by atoms with Crippen molar-refractivity contribution in [3.63, 3.8) is 0 Å². The Kier molecular flexibility index (Phi) is 5.91. The van der Waals surface area contributed by atoms with E-state index in [1.54, 1.807) is 0 Å². The van der Waals surface area contributed by atoms with Crippen molar-refractivity contribution >= 4 is 33.4 Å². The third-order valence-corrected chi connectivity index (χ3v) is 5.74. The van der Waals surface area contributed by atoms with Crippen LogP contribution in [0.15, 0.2) is 46.3 Å². The highest BCUT2D eigenvalue weighted by Gasteiger charge is 2.28. The minimum Gasteiger partial charge on any atom is -0.354 e. The van der Waals surface area contributed by atoms with Gasteiger partial charge in [-0.05, 0) is 18.2 Å². The van der Waals surface area contributed by atoms with E-state index < -0.39 is 27.9 Å². The van der Waals surface area contributed by atoms with E-state index in [0.29, 0.717) is 11.8 Å². The molecule has 0 unspecified atom stereocenters. The van der Waals surface area contributed by atoms with E-state index in [0.717, 1.165) is 0 Å². The van der Waals surface area contributed by atoms with Crippen LogP contribution in [0.4, 0.5) is 18.9 Å². The van der Waals surface area contributed by atoms with Crippen LogP contribution in [0.5, 0.6) is 0 Å². The number of carbonyl (C=O) groups is 1. The first-order valence-electron chi connectivity index (χ1n) is 7.23. The molecule has 6 nitrogen and oxygen atoms in total. The number of nitrogens with one attached hydrogen (secondary N) is 2. The Bertz CT molecular complexity index is 908. The third-order valence-electron chi connectivity index (χ3n) is 3.27. The normalized spacial score (nSPS) is 12.0. The van der Waals surface area contributed by atoms with Crippen molar-refractivity contribution in [2.24, 2.45) is 7.05 Å². The van der Waals surface area contributed by atoms with Crippen molar-refractivity contribution in [3.8, 4) is 0 Å². The lowest BCUT2D eigenvalue weighted by molar-refractivity contribution is -0.105. The fourth-order valence-corrected chi connectivity index (χ4v) is 4.06. The number of thioether (sulfide) groups is 1. The molecule has 0 fully saturated rings. The molecule has 0 aliphatic carbocycles. The van der Waals surface area contributed by atoms with Gasteiger partial charge in [0.15, 0.2) is 0 Å². The Hall–Kier alpha value is -2.14. The van der Waals surface area contributed by atoms with Gasteiger partial charge in [0.05, 0.1) is 11.4 Å². The Morgan fingerprint density at radius 1 is 1.27 bits per heavy atom. The molecule has 0 aliphatic heterocycles. The van der Waals surface area contributed by atoms with Crippen molar-refractivity contribution in [2.45, 2.75) is 16.0 Å². The van der Waals surface area contributed by atoms with Gasteiger partial charge in [-0.3, -0.25) is 9.52 Å². The average molecular weight is 407 g/mol. The number of amides is 1. The molecule has 2 aromatic rings. The van der Waals surface area contributed by atoms with Gasteiger partial charge < -0.3 is 9.88 Å². The minimum atomic E-state index is -4.38. The standard InChI is InChI=1S/C15H16F3N3O3S2/c1-19-14(22)12-7-10(8-21(12)2)26(23,24)20-11-5-3-4-6-13(11)25-9-15(16,17)18/h3-8,20H,9H2,1-2H3,(H,19,22). The summed E-state index contributed by atoms with van der Waals surface area (Å²) in [5.41, 5.74) is 0.166. The highest BCUT2D eigenvalue weighted by molar-refractivity contribution is 7.99. The maximum Gasteiger partial charge on any atom is 0.398 e. The number of aromatic nitrogens is 1. The number of rotatable bonds is 6. The lowest BCUT2D eigenvalue weighted by atomic mass is 10.3. The SMILES string of the molecule is CNC(=O)c1cc(S(=O)(=O)Nc2ccccc2SCC(F)(F)F)cn1C. The molecule has 0 aliphatic rings. The monoisotopic (exact) mass is 407 g/mol. The predicted octanol–water partition coefficient (Wildman–Crippen LogP) is 2.84. The molecule has 1 aromatic heterocycles. The minimum absolute atomic E-state index is 0.0343. The third kappa shape index (κ3) is 4.94. The van der Waals surface area contributed by atoms with E-state index in [9.17, 15) is 26.4 Å². The maximum absolute atomic E-state index is 12.5. The second-order valence-electron chi connectivity index (χ2n) is 5.26. The first-order valence-corrected chi connectivity index (χ1v) is 9.70. The fraction of sp³-hybridized carbons (Fsp3) is 0.267. The summed E-state index contributed by atoms with van der Waals surface area (Å²) in [4.78, 5) is 11.7.